The highest BCUT2D eigenvalue weighted by Crippen LogP contribution is 2.47. The van der Waals surface area contributed by atoms with Crippen molar-refractivity contribution in [3.05, 3.63) is 120 Å². The van der Waals surface area contributed by atoms with E-state index in [2.05, 4.69) is 117 Å². The van der Waals surface area contributed by atoms with Crippen LogP contribution in [0.25, 0.3) is 54.9 Å². The number of aromatic hydroxyl groups is 2. The molecule has 0 aromatic heterocycles. The summed E-state index contributed by atoms with van der Waals surface area (Å²) < 4.78 is 0. The summed E-state index contributed by atoms with van der Waals surface area (Å²) in [6, 6.07) is 39.4. The highest BCUT2D eigenvalue weighted by molar-refractivity contribution is 6.10. The van der Waals surface area contributed by atoms with Crippen LogP contribution in [0.5, 0.6) is 11.5 Å². The minimum atomic E-state index is -0.0965. The third kappa shape index (κ3) is 6.97. The van der Waals surface area contributed by atoms with Gasteiger partial charge >= 0.3 is 0 Å². The Bertz CT molecular complexity index is 2140. The first-order chi connectivity index (χ1) is 25.5. The van der Waals surface area contributed by atoms with Crippen molar-refractivity contribution in [1.29, 1.82) is 0 Å². The quantitative estimate of drug-likeness (QED) is 0.149. The Balaban J connectivity index is 1.11. The first-order valence-electron chi connectivity index (χ1n) is 20.2. The molecule has 266 valence electrons. The molecule has 52 heavy (non-hydrogen) atoms. The van der Waals surface area contributed by atoms with Gasteiger partial charge in [-0.1, -0.05) is 131 Å². The molecule has 0 atom stereocenters. The molecule has 2 saturated carbocycles. The van der Waals surface area contributed by atoms with Crippen molar-refractivity contribution in [3.63, 3.8) is 0 Å². The van der Waals surface area contributed by atoms with E-state index in [0.29, 0.717) is 17.4 Å². The lowest BCUT2D eigenvalue weighted by molar-refractivity contribution is 0.308. The molecule has 0 saturated heterocycles. The molecular formula is C50H54O2. The second-order valence-electron chi connectivity index (χ2n) is 16.1. The molecule has 8 rings (SSSR count). The summed E-state index contributed by atoms with van der Waals surface area (Å²) >= 11 is 0. The zero-order valence-electron chi connectivity index (χ0n) is 31.1. The van der Waals surface area contributed by atoms with Crippen LogP contribution in [0.15, 0.2) is 109 Å². The van der Waals surface area contributed by atoms with Crippen molar-refractivity contribution in [2.75, 3.05) is 0 Å². The Labute approximate surface area is 310 Å². The van der Waals surface area contributed by atoms with Gasteiger partial charge in [-0.25, -0.2) is 0 Å². The molecule has 2 aliphatic rings. The molecule has 6 aromatic carbocycles. The van der Waals surface area contributed by atoms with E-state index in [4.69, 9.17) is 0 Å². The number of hydrogen-bond acceptors (Lipinski definition) is 2. The average Bonchev–Trinajstić information content (AvgIpc) is 3.19. The largest absolute Gasteiger partial charge is 0.504 e. The van der Waals surface area contributed by atoms with Crippen LogP contribution >= 0.6 is 0 Å². The molecule has 2 nitrogen and oxygen atoms in total. The molecule has 2 aliphatic carbocycles. The molecule has 2 fully saturated rings. The molecule has 0 spiro atoms. The zero-order chi connectivity index (χ0) is 35.6. The molecule has 0 radical (unpaired) electrons. The average molecular weight is 687 g/mol. The summed E-state index contributed by atoms with van der Waals surface area (Å²) in [4.78, 5) is 0. The van der Waals surface area contributed by atoms with Crippen LogP contribution in [-0.4, -0.2) is 10.2 Å². The minimum absolute atomic E-state index is 0.0745. The van der Waals surface area contributed by atoms with Crippen LogP contribution in [0.4, 0.5) is 0 Å². The van der Waals surface area contributed by atoms with Crippen molar-refractivity contribution in [3.8, 4) is 44.9 Å². The lowest BCUT2D eigenvalue weighted by Gasteiger charge is -2.28. The van der Waals surface area contributed by atoms with Crippen molar-refractivity contribution < 1.29 is 10.2 Å². The van der Waals surface area contributed by atoms with Crippen molar-refractivity contribution in [2.24, 2.45) is 11.8 Å². The van der Waals surface area contributed by atoms with Gasteiger partial charge in [-0.3, -0.25) is 0 Å². The minimum Gasteiger partial charge on any atom is -0.504 e. The maximum atomic E-state index is 11.5. The maximum absolute atomic E-state index is 11.5. The van der Waals surface area contributed by atoms with Crippen molar-refractivity contribution in [2.45, 2.75) is 103 Å². The predicted molar refractivity (Wildman–Crippen MR) is 220 cm³/mol. The third-order valence-corrected chi connectivity index (χ3v) is 12.8. The molecule has 0 heterocycles. The SMILES string of the molecule is CCCC1CCC(c2ccc(-c3ccc4cccc(-c5c(O)c(O)cc6ccc(-c7ccc(C8CCC(CCC)CC8)cc7)cc56)c4c3)cc2)CC1. The summed E-state index contributed by atoms with van der Waals surface area (Å²) in [6.45, 7) is 4.62. The van der Waals surface area contributed by atoms with Gasteiger partial charge in [-0.2, -0.15) is 0 Å². The number of fused-ring (bicyclic) bond motifs is 2. The van der Waals surface area contributed by atoms with Crippen LogP contribution in [0.2, 0.25) is 0 Å². The number of phenols is 2. The van der Waals surface area contributed by atoms with E-state index in [9.17, 15) is 10.2 Å². The first kappa shape index (κ1) is 34.5. The summed E-state index contributed by atoms with van der Waals surface area (Å²) in [6.07, 6.45) is 16.0. The molecule has 0 amide bonds. The highest BCUT2D eigenvalue weighted by Gasteiger charge is 2.24. The van der Waals surface area contributed by atoms with Gasteiger partial charge in [0.05, 0.1) is 0 Å². The second kappa shape index (κ2) is 15.2. The number of rotatable bonds is 9. The Kier molecular flexibility index (Phi) is 10.1. The van der Waals surface area contributed by atoms with E-state index >= 15 is 0 Å². The lowest BCUT2D eigenvalue weighted by Crippen LogP contribution is -2.13. The predicted octanol–water partition coefficient (Wildman–Crippen LogP) is 14.6. The summed E-state index contributed by atoms with van der Waals surface area (Å²) in [7, 11) is 0. The fourth-order valence-corrected chi connectivity index (χ4v) is 9.77. The molecule has 0 bridgehead atoms. The smallest absolute Gasteiger partial charge is 0.166 e. The summed E-state index contributed by atoms with van der Waals surface area (Å²) in [5, 5.41) is 26.5. The fraction of sp³-hybridized carbons (Fsp3) is 0.360. The van der Waals surface area contributed by atoms with Gasteiger partial charge in [-0.05, 0) is 154 Å². The van der Waals surface area contributed by atoms with Gasteiger partial charge in [-0.15, -0.1) is 0 Å². The number of phenolic OH excluding ortho intramolecular Hbond substituents is 2. The molecule has 2 N–H and O–H groups in total. The Morgan fingerprint density at radius 3 is 1.48 bits per heavy atom. The van der Waals surface area contributed by atoms with Crippen LogP contribution in [0, 0.1) is 11.8 Å². The van der Waals surface area contributed by atoms with E-state index in [1.54, 1.807) is 6.07 Å². The van der Waals surface area contributed by atoms with Crippen LogP contribution in [-0.2, 0) is 0 Å². The van der Waals surface area contributed by atoms with E-state index in [-0.39, 0.29) is 11.5 Å². The Morgan fingerprint density at radius 2 is 0.962 bits per heavy atom. The lowest BCUT2D eigenvalue weighted by atomic mass is 9.77. The van der Waals surface area contributed by atoms with Gasteiger partial charge in [0.15, 0.2) is 11.5 Å². The molecule has 6 aromatic rings. The summed E-state index contributed by atoms with van der Waals surface area (Å²) in [5.74, 6) is 2.99. The topological polar surface area (TPSA) is 40.5 Å². The Morgan fingerprint density at radius 1 is 0.481 bits per heavy atom. The molecule has 2 heteroatoms. The number of benzene rings is 6. The van der Waals surface area contributed by atoms with Crippen molar-refractivity contribution in [1.82, 2.24) is 0 Å². The summed E-state index contributed by atoms with van der Waals surface area (Å²) in [5.41, 5.74) is 9.15. The standard InChI is InChI=1S/C50H54O2/c1-3-6-33-10-14-35(15-11-33)37-18-22-39(23-19-37)42-27-26-41-8-5-9-45(46(41)30-42)49-47-31-43(28-29-44(47)32-48(51)50(49)52)40-24-20-38(21-25-40)36-16-12-34(7-4-2)13-17-36/h5,8-9,18-36,51-52H,3-4,6-7,10-17H2,1-2H3. The third-order valence-electron chi connectivity index (χ3n) is 12.8. The Hall–Kier alpha value is -4.56. The van der Waals surface area contributed by atoms with E-state index in [1.807, 2.05) is 0 Å². The zero-order valence-corrected chi connectivity index (χ0v) is 31.1. The monoisotopic (exact) mass is 686 g/mol. The van der Waals surface area contributed by atoms with Gasteiger partial charge in [0.2, 0.25) is 0 Å². The van der Waals surface area contributed by atoms with Crippen LogP contribution in [0.3, 0.4) is 0 Å². The molecule has 0 aliphatic heterocycles. The van der Waals surface area contributed by atoms with Gasteiger partial charge in [0, 0.05) is 5.56 Å². The molecule has 0 unspecified atom stereocenters. The number of hydrogen-bond donors (Lipinski definition) is 2. The van der Waals surface area contributed by atoms with E-state index in [0.717, 1.165) is 50.1 Å². The van der Waals surface area contributed by atoms with Gasteiger partial charge < -0.3 is 10.2 Å². The van der Waals surface area contributed by atoms with Gasteiger partial charge in [0.25, 0.3) is 0 Å². The van der Waals surface area contributed by atoms with Crippen LogP contribution in [0.1, 0.15) is 114 Å². The maximum Gasteiger partial charge on any atom is 0.166 e. The first-order valence-corrected chi connectivity index (χ1v) is 20.2. The normalized spacial score (nSPS) is 20.7. The highest BCUT2D eigenvalue weighted by atomic mass is 16.3. The van der Waals surface area contributed by atoms with Gasteiger partial charge in [0.1, 0.15) is 0 Å². The van der Waals surface area contributed by atoms with E-state index < -0.39 is 0 Å². The second-order valence-corrected chi connectivity index (χ2v) is 16.1. The van der Waals surface area contributed by atoms with Crippen LogP contribution < -0.4 is 0 Å². The fourth-order valence-electron chi connectivity index (χ4n) is 9.77. The molecular weight excluding hydrogens is 633 g/mol. The van der Waals surface area contributed by atoms with Crippen molar-refractivity contribution >= 4 is 21.5 Å². The van der Waals surface area contributed by atoms with E-state index in [1.165, 1.54) is 99.3 Å².